The van der Waals surface area contributed by atoms with Gasteiger partial charge in [-0.1, -0.05) is 17.7 Å². The number of carboxylic acid groups (broad SMARTS) is 1. The molecule has 7 heteroatoms. The molecule has 100 valence electrons. The van der Waals surface area contributed by atoms with Gasteiger partial charge < -0.3 is 5.11 Å². The van der Waals surface area contributed by atoms with Crippen LogP contribution in [0.3, 0.4) is 0 Å². The summed E-state index contributed by atoms with van der Waals surface area (Å²) >= 11 is 0. The first-order chi connectivity index (χ1) is 8.79. The van der Waals surface area contributed by atoms with Crippen LogP contribution in [0.1, 0.15) is 21.7 Å². The minimum absolute atomic E-state index is 0.263. The highest BCUT2D eigenvalue weighted by molar-refractivity contribution is 5.86. The smallest absolute Gasteiger partial charge is 0.435 e. The third-order valence-electron chi connectivity index (χ3n) is 2.50. The molecule has 1 N–H and O–H groups in total. The van der Waals surface area contributed by atoms with E-state index in [0.717, 1.165) is 10.2 Å². The standard InChI is InChI=1S/C12H9F3N2O2/c1-7-2-4-8(5-3-7)17-9(11(18)19)6-10(16-17)12(13,14)15/h2-6H,1H3,(H,18,19). The number of halogens is 3. The number of rotatable bonds is 2. The first-order valence-corrected chi connectivity index (χ1v) is 5.26. The predicted octanol–water partition coefficient (Wildman–Crippen LogP) is 2.90. The number of alkyl halides is 3. The summed E-state index contributed by atoms with van der Waals surface area (Å²) in [5.41, 5.74) is -0.594. The van der Waals surface area contributed by atoms with Crippen LogP contribution < -0.4 is 0 Å². The van der Waals surface area contributed by atoms with Crippen LogP contribution in [-0.2, 0) is 6.18 Å². The van der Waals surface area contributed by atoms with Gasteiger partial charge in [-0.2, -0.15) is 18.3 Å². The minimum atomic E-state index is -4.68. The average Bonchev–Trinajstić information content (AvgIpc) is 2.74. The zero-order valence-electron chi connectivity index (χ0n) is 9.77. The molecule has 19 heavy (non-hydrogen) atoms. The number of aryl methyl sites for hydroxylation is 1. The zero-order valence-corrected chi connectivity index (χ0v) is 9.77. The van der Waals surface area contributed by atoms with Gasteiger partial charge >= 0.3 is 12.1 Å². The van der Waals surface area contributed by atoms with Crippen LogP contribution in [-0.4, -0.2) is 20.9 Å². The fourth-order valence-corrected chi connectivity index (χ4v) is 1.55. The molecule has 0 radical (unpaired) electrons. The van der Waals surface area contributed by atoms with Crippen molar-refractivity contribution in [1.82, 2.24) is 9.78 Å². The molecule has 0 bridgehead atoms. The highest BCUT2D eigenvalue weighted by Gasteiger charge is 2.36. The predicted molar refractivity (Wildman–Crippen MR) is 60.3 cm³/mol. The molecule has 0 amide bonds. The number of carbonyl (C=O) groups is 1. The van der Waals surface area contributed by atoms with Crippen LogP contribution in [0, 0.1) is 6.92 Å². The van der Waals surface area contributed by atoms with Gasteiger partial charge in [0.25, 0.3) is 0 Å². The first kappa shape index (κ1) is 13.1. The molecule has 0 fully saturated rings. The van der Waals surface area contributed by atoms with Crippen molar-refractivity contribution in [2.24, 2.45) is 0 Å². The third-order valence-corrected chi connectivity index (χ3v) is 2.50. The molecule has 1 aromatic carbocycles. The lowest BCUT2D eigenvalue weighted by molar-refractivity contribution is -0.141. The van der Waals surface area contributed by atoms with Gasteiger partial charge in [0, 0.05) is 6.07 Å². The molecule has 1 aromatic heterocycles. The van der Waals surface area contributed by atoms with Crippen LogP contribution in [0.15, 0.2) is 30.3 Å². The molecule has 0 atom stereocenters. The van der Waals surface area contributed by atoms with Crippen LogP contribution in [0.25, 0.3) is 5.69 Å². The van der Waals surface area contributed by atoms with Crippen molar-refractivity contribution >= 4 is 5.97 Å². The Morgan fingerprint density at radius 3 is 2.32 bits per heavy atom. The number of aromatic carboxylic acids is 1. The van der Waals surface area contributed by atoms with Crippen molar-refractivity contribution in [2.45, 2.75) is 13.1 Å². The Morgan fingerprint density at radius 1 is 1.26 bits per heavy atom. The largest absolute Gasteiger partial charge is 0.477 e. The van der Waals surface area contributed by atoms with E-state index in [2.05, 4.69) is 5.10 Å². The van der Waals surface area contributed by atoms with E-state index in [1.54, 1.807) is 12.1 Å². The summed E-state index contributed by atoms with van der Waals surface area (Å²) in [6.07, 6.45) is -4.68. The van der Waals surface area contributed by atoms with E-state index in [9.17, 15) is 18.0 Å². The summed E-state index contributed by atoms with van der Waals surface area (Å²) in [6, 6.07) is 6.86. The van der Waals surface area contributed by atoms with Gasteiger partial charge in [-0.05, 0) is 19.1 Å². The Kier molecular flexibility index (Phi) is 3.05. The summed E-state index contributed by atoms with van der Waals surface area (Å²) < 4.78 is 38.4. The Morgan fingerprint density at radius 2 is 1.84 bits per heavy atom. The molecule has 0 aliphatic carbocycles. The van der Waals surface area contributed by atoms with E-state index in [0.29, 0.717) is 6.07 Å². The summed E-state index contributed by atoms with van der Waals surface area (Å²) in [5.74, 6) is -1.47. The maximum Gasteiger partial charge on any atom is 0.435 e. The van der Waals surface area contributed by atoms with Crippen LogP contribution in [0.4, 0.5) is 13.2 Å². The molecular formula is C12H9F3N2O2. The maximum absolute atomic E-state index is 12.6. The van der Waals surface area contributed by atoms with E-state index in [1.807, 2.05) is 6.92 Å². The third kappa shape index (κ3) is 2.59. The SMILES string of the molecule is Cc1ccc(-n2nc(C(F)(F)F)cc2C(=O)O)cc1. The second-order valence-corrected chi connectivity index (χ2v) is 3.97. The van der Waals surface area contributed by atoms with E-state index in [1.165, 1.54) is 12.1 Å². The van der Waals surface area contributed by atoms with Crippen molar-refractivity contribution in [3.8, 4) is 5.69 Å². The molecule has 0 aliphatic heterocycles. The minimum Gasteiger partial charge on any atom is -0.477 e. The van der Waals surface area contributed by atoms with Gasteiger partial charge in [-0.3, -0.25) is 0 Å². The van der Waals surface area contributed by atoms with Crippen molar-refractivity contribution in [3.63, 3.8) is 0 Å². The number of aromatic nitrogens is 2. The Bertz CT molecular complexity index is 615. The van der Waals surface area contributed by atoms with Crippen molar-refractivity contribution in [2.75, 3.05) is 0 Å². The number of hydrogen-bond donors (Lipinski definition) is 1. The topological polar surface area (TPSA) is 55.1 Å². The van der Waals surface area contributed by atoms with Gasteiger partial charge in [-0.15, -0.1) is 0 Å². The zero-order chi connectivity index (χ0) is 14.2. The summed E-state index contributed by atoms with van der Waals surface area (Å²) in [7, 11) is 0. The highest BCUT2D eigenvalue weighted by atomic mass is 19.4. The molecule has 0 unspecified atom stereocenters. The molecule has 0 aliphatic rings. The summed E-state index contributed by atoms with van der Waals surface area (Å²) in [4.78, 5) is 11.0. The van der Waals surface area contributed by atoms with Crippen molar-refractivity contribution < 1.29 is 23.1 Å². The van der Waals surface area contributed by atoms with Gasteiger partial charge in [-0.25, -0.2) is 9.48 Å². The molecule has 0 saturated heterocycles. The molecule has 2 rings (SSSR count). The molecule has 1 heterocycles. The second-order valence-electron chi connectivity index (χ2n) is 3.97. The van der Waals surface area contributed by atoms with E-state index in [-0.39, 0.29) is 5.69 Å². The van der Waals surface area contributed by atoms with Crippen LogP contribution in [0.2, 0.25) is 0 Å². The number of carboxylic acids is 1. The van der Waals surface area contributed by atoms with Gasteiger partial charge in [0.2, 0.25) is 0 Å². The van der Waals surface area contributed by atoms with Crippen LogP contribution >= 0.6 is 0 Å². The van der Waals surface area contributed by atoms with E-state index >= 15 is 0 Å². The summed E-state index contributed by atoms with van der Waals surface area (Å²) in [6.45, 7) is 1.81. The maximum atomic E-state index is 12.6. The molecule has 2 aromatic rings. The van der Waals surface area contributed by atoms with Gasteiger partial charge in [0.1, 0.15) is 0 Å². The normalized spacial score (nSPS) is 11.6. The lowest BCUT2D eigenvalue weighted by atomic mass is 10.2. The number of nitrogens with zero attached hydrogens (tertiary/aromatic N) is 2. The fourth-order valence-electron chi connectivity index (χ4n) is 1.55. The number of benzene rings is 1. The van der Waals surface area contributed by atoms with Gasteiger partial charge in [0.15, 0.2) is 11.4 Å². The highest BCUT2D eigenvalue weighted by Crippen LogP contribution is 2.29. The lowest BCUT2D eigenvalue weighted by Gasteiger charge is -2.05. The van der Waals surface area contributed by atoms with E-state index < -0.39 is 23.5 Å². The Balaban J connectivity index is 2.58. The monoisotopic (exact) mass is 270 g/mol. The summed E-state index contributed by atoms with van der Waals surface area (Å²) in [5, 5.41) is 12.2. The van der Waals surface area contributed by atoms with E-state index in [4.69, 9.17) is 5.11 Å². The lowest BCUT2D eigenvalue weighted by Crippen LogP contribution is -2.09. The van der Waals surface area contributed by atoms with Crippen molar-refractivity contribution in [1.29, 1.82) is 0 Å². The average molecular weight is 270 g/mol. The van der Waals surface area contributed by atoms with Crippen LogP contribution in [0.5, 0.6) is 0 Å². The van der Waals surface area contributed by atoms with Gasteiger partial charge in [0.05, 0.1) is 5.69 Å². The molecule has 0 saturated carbocycles. The second kappa shape index (κ2) is 4.42. The quantitative estimate of drug-likeness (QED) is 0.912. The fraction of sp³-hybridized carbons (Fsp3) is 0.167. The molecule has 0 spiro atoms. The Labute approximate surface area is 106 Å². The van der Waals surface area contributed by atoms with Crippen molar-refractivity contribution in [3.05, 3.63) is 47.3 Å². The Hall–Kier alpha value is -2.31. The first-order valence-electron chi connectivity index (χ1n) is 5.26. The number of hydrogen-bond acceptors (Lipinski definition) is 2. The molecular weight excluding hydrogens is 261 g/mol. The molecule has 4 nitrogen and oxygen atoms in total.